The van der Waals surface area contributed by atoms with Gasteiger partial charge in [0, 0.05) is 24.3 Å². The molecule has 2 rings (SSSR count). The van der Waals surface area contributed by atoms with E-state index in [9.17, 15) is 4.79 Å². The third-order valence-electron chi connectivity index (χ3n) is 2.94. The van der Waals surface area contributed by atoms with Crippen LogP contribution in [0.25, 0.3) is 0 Å². The Balaban J connectivity index is 1.99. The van der Waals surface area contributed by atoms with Crippen LogP contribution in [-0.2, 0) is 11.2 Å². The lowest BCUT2D eigenvalue weighted by Gasteiger charge is -2.18. The van der Waals surface area contributed by atoms with E-state index >= 15 is 0 Å². The van der Waals surface area contributed by atoms with Crippen molar-refractivity contribution in [1.82, 2.24) is 0 Å². The van der Waals surface area contributed by atoms with Gasteiger partial charge in [-0.05, 0) is 49.6 Å². The predicted octanol–water partition coefficient (Wildman–Crippen LogP) is 1.72. The molecule has 0 unspecified atom stereocenters. The predicted molar refractivity (Wildman–Crippen MR) is 70.2 cm³/mol. The lowest BCUT2D eigenvalue weighted by molar-refractivity contribution is -0.116. The van der Waals surface area contributed by atoms with E-state index in [-0.39, 0.29) is 5.91 Å². The molecule has 1 heterocycles. The Morgan fingerprint density at radius 2 is 2.35 bits per heavy atom. The molecule has 0 radical (unpaired) electrons. The van der Waals surface area contributed by atoms with Crippen LogP contribution in [0.3, 0.4) is 0 Å². The Morgan fingerprint density at radius 1 is 1.47 bits per heavy atom. The molecule has 0 saturated carbocycles. The first-order valence-corrected chi connectivity index (χ1v) is 6.16. The number of fused-ring (bicyclic) bond motifs is 1. The summed E-state index contributed by atoms with van der Waals surface area (Å²) in [5, 5.41) is 6.25. The smallest absolute Gasteiger partial charge is 0.224 e. The summed E-state index contributed by atoms with van der Waals surface area (Å²) in [6, 6.07) is 6.03. The molecule has 4 nitrogen and oxygen atoms in total. The molecule has 1 amide bonds. The molecule has 0 atom stereocenters. The van der Waals surface area contributed by atoms with E-state index in [4.69, 9.17) is 5.73 Å². The first-order valence-electron chi connectivity index (χ1n) is 6.16. The van der Waals surface area contributed by atoms with Crippen molar-refractivity contribution in [2.45, 2.75) is 25.7 Å². The highest BCUT2D eigenvalue weighted by molar-refractivity contribution is 5.91. The van der Waals surface area contributed by atoms with Crippen molar-refractivity contribution in [1.29, 1.82) is 0 Å². The van der Waals surface area contributed by atoms with Crippen LogP contribution in [0.2, 0.25) is 0 Å². The zero-order chi connectivity index (χ0) is 12.1. The van der Waals surface area contributed by atoms with Gasteiger partial charge in [-0.1, -0.05) is 0 Å². The van der Waals surface area contributed by atoms with E-state index in [0.717, 1.165) is 31.5 Å². The van der Waals surface area contributed by atoms with Crippen LogP contribution in [-0.4, -0.2) is 19.0 Å². The van der Waals surface area contributed by atoms with E-state index in [1.807, 2.05) is 12.1 Å². The minimum Gasteiger partial charge on any atom is -0.385 e. The third-order valence-corrected chi connectivity index (χ3v) is 2.94. The maximum atomic E-state index is 11.6. The zero-order valence-corrected chi connectivity index (χ0v) is 9.96. The number of benzene rings is 1. The summed E-state index contributed by atoms with van der Waals surface area (Å²) in [6.07, 6.45) is 3.45. The molecule has 0 aromatic heterocycles. The topological polar surface area (TPSA) is 67.2 Å². The number of nitrogens with two attached hydrogens (primary N) is 1. The Bertz CT molecular complexity index is 404. The quantitative estimate of drug-likeness (QED) is 0.741. The molecule has 4 N–H and O–H groups in total. The molecule has 0 spiro atoms. The third kappa shape index (κ3) is 3.20. The first-order chi connectivity index (χ1) is 8.29. The standard InChI is InChI=1S/C13H19N3O/c14-7-1-4-13(17)16-11-5-6-12-10(9-11)3-2-8-15-12/h5-6,9,15H,1-4,7-8,14H2,(H,16,17). The Morgan fingerprint density at radius 3 is 3.18 bits per heavy atom. The van der Waals surface area contributed by atoms with Crippen LogP contribution >= 0.6 is 0 Å². The summed E-state index contributed by atoms with van der Waals surface area (Å²) in [6.45, 7) is 1.59. The summed E-state index contributed by atoms with van der Waals surface area (Å²) >= 11 is 0. The number of nitrogens with one attached hydrogen (secondary N) is 2. The molecule has 92 valence electrons. The van der Waals surface area contributed by atoms with Crippen molar-refractivity contribution < 1.29 is 4.79 Å². The number of hydrogen-bond donors (Lipinski definition) is 3. The monoisotopic (exact) mass is 233 g/mol. The van der Waals surface area contributed by atoms with Gasteiger partial charge in [0.25, 0.3) is 0 Å². The van der Waals surface area contributed by atoms with E-state index in [0.29, 0.717) is 13.0 Å². The first kappa shape index (κ1) is 11.9. The van der Waals surface area contributed by atoms with E-state index in [2.05, 4.69) is 16.7 Å². The van der Waals surface area contributed by atoms with Crippen molar-refractivity contribution in [2.24, 2.45) is 5.73 Å². The molecule has 4 heteroatoms. The second kappa shape index (κ2) is 5.68. The van der Waals surface area contributed by atoms with Crippen molar-refractivity contribution >= 4 is 17.3 Å². The fraction of sp³-hybridized carbons (Fsp3) is 0.462. The molecular weight excluding hydrogens is 214 g/mol. The molecule has 0 fully saturated rings. The van der Waals surface area contributed by atoms with Gasteiger partial charge in [-0.25, -0.2) is 0 Å². The maximum absolute atomic E-state index is 11.6. The minimum absolute atomic E-state index is 0.0409. The number of carbonyl (C=O) groups is 1. The molecule has 0 bridgehead atoms. The number of amides is 1. The van der Waals surface area contributed by atoms with Crippen molar-refractivity contribution in [3.05, 3.63) is 23.8 Å². The number of hydrogen-bond acceptors (Lipinski definition) is 3. The lowest BCUT2D eigenvalue weighted by atomic mass is 10.0. The van der Waals surface area contributed by atoms with Gasteiger partial charge in [0.15, 0.2) is 0 Å². The summed E-state index contributed by atoms with van der Waals surface area (Å²) in [5.41, 5.74) is 8.73. The number of carbonyl (C=O) groups excluding carboxylic acids is 1. The van der Waals surface area contributed by atoms with Gasteiger partial charge in [0.05, 0.1) is 0 Å². The maximum Gasteiger partial charge on any atom is 0.224 e. The van der Waals surface area contributed by atoms with Crippen molar-refractivity contribution in [3.8, 4) is 0 Å². The number of rotatable bonds is 4. The number of aryl methyl sites for hydroxylation is 1. The zero-order valence-electron chi connectivity index (χ0n) is 9.96. The van der Waals surface area contributed by atoms with E-state index < -0.39 is 0 Å². The molecular formula is C13H19N3O. The lowest BCUT2D eigenvalue weighted by Crippen LogP contribution is -2.15. The molecule has 1 aromatic rings. The van der Waals surface area contributed by atoms with Gasteiger partial charge in [-0.15, -0.1) is 0 Å². The van der Waals surface area contributed by atoms with E-state index in [1.165, 1.54) is 11.3 Å². The van der Waals surface area contributed by atoms with Gasteiger partial charge in [0.2, 0.25) is 5.91 Å². The molecule has 17 heavy (non-hydrogen) atoms. The second-order valence-corrected chi connectivity index (χ2v) is 4.34. The summed E-state index contributed by atoms with van der Waals surface area (Å²) in [7, 11) is 0. The van der Waals surface area contributed by atoms with Crippen LogP contribution in [0.1, 0.15) is 24.8 Å². The van der Waals surface area contributed by atoms with E-state index in [1.54, 1.807) is 0 Å². The van der Waals surface area contributed by atoms with Crippen LogP contribution in [0.15, 0.2) is 18.2 Å². The fourth-order valence-corrected chi connectivity index (χ4v) is 2.04. The average molecular weight is 233 g/mol. The fourth-order valence-electron chi connectivity index (χ4n) is 2.04. The van der Waals surface area contributed by atoms with Crippen molar-refractivity contribution in [2.75, 3.05) is 23.7 Å². The summed E-state index contributed by atoms with van der Waals surface area (Å²) in [4.78, 5) is 11.6. The largest absolute Gasteiger partial charge is 0.385 e. The highest BCUT2D eigenvalue weighted by Gasteiger charge is 2.09. The molecule has 1 aliphatic rings. The van der Waals surface area contributed by atoms with Crippen LogP contribution in [0.5, 0.6) is 0 Å². The van der Waals surface area contributed by atoms with Gasteiger partial charge in [0.1, 0.15) is 0 Å². The molecule has 1 aliphatic heterocycles. The minimum atomic E-state index is 0.0409. The SMILES string of the molecule is NCCCC(=O)Nc1ccc2c(c1)CCCN2. The highest BCUT2D eigenvalue weighted by Crippen LogP contribution is 2.25. The van der Waals surface area contributed by atoms with Crippen LogP contribution < -0.4 is 16.4 Å². The van der Waals surface area contributed by atoms with Gasteiger partial charge in [-0.2, -0.15) is 0 Å². The van der Waals surface area contributed by atoms with Gasteiger partial charge >= 0.3 is 0 Å². The van der Waals surface area contributed by atoms with Crippen LogP contribution in [0.4, 0.5) is 11.4 Å². The van der Waals surface area contributed by atoms with Gasteiger partial charge < -0.3 is 16.4 Å². The molecule has 1 aromatic carbocycles. The highest BCUT2D eigenvalue weighted by atomic mass is 16.1. The molecule has 0 saturated heterocycles. The number of anilines is 2. The second-order valence-electron chi connectivity index (χ2n) is 4.34. The van der Waals surface area contributed by atoms with Gasteiger partial charge in [-0.3, -0.25) is 4.79 Å². The molecule has 0 aliphatic carbocycles. The van der Waals surface area contributed by atoms with Crippen LogP contribution in [0, 0.1) is 0 Å². The summed E-state index contributed by atoms with van der Waals surface area (Å²) in [5.74, 6) is 0.0409. The Labute approximate surface area is 102 Å². The Hall–Kier alpha value is -1.55. The summed E-state index contributed by atoms with van der Waals surface area (Å²) < 4.78 is 0. The van der Waals surface area contributed by atoms with Crippen molar-refractivity contribution in [3.63, 3.8) is 0 Å². The normalized spacial score (nSPS) is 13.7. The average Bonchev–Trinajstić information content (AvgIpc) is 2.36. The Kier molecular flexibility index (Phi) is 3.98.